The molecule has 0 unspecified atom stereocenters. The van der Waals surface area contributed by atoms with Crippen LogP contribution >= 0.6 is 15.9 Å². The summed E-state index contributed by atoms with van der Waals surface area (Å²) < 4.78 is 0.219. The van der Waals surface area contributed by atoms with Gasteiger partial charge in [-0.25, -0.2) is 9.59 Å². The molecule has 2 amide bonds. The van der Waals surface area contributed by atoms with Crippen molar-refractivity contribution in [2.75, 3.05) is 4.90 Å². The Morgan fingerprint density at radius 3 is 2.31 bits per heavy atom. The van der Waals surface area contributed by atoms with Crippen LogP contribution in [0.15, 0.2) is 22.7 Å². The fraction of sp³-hybridized carbons (Fsp3) is 0. The standard InChI is InChI=1S/C9H5BrN2O4/c10-6-3-1-2-5(4-11)7(6)12(8(13)14)9(15)16/h1-3H,(H,13,14)(H,15,16). The quantitative estimate of drug-likeness (QED) is 0.825. The van der Waals surface area contributed by atoms with Crippen molar-refractivity contribution in [2.45, 2.75) is 0 Å². The van der Waals surface area contributed by atoms with E-state index in [0.717, 1.165) is 0 Å². The van der Waals surface area contributed by atoms with E-state index in [1.165, 1.54) is 18.2 Å². The first-order valence-corrected chi connectivity index (χ1v) is 4.73. The number of hydrogen-bond donors (Lipinski definition) is 2. The lowest BCUT2D eigenvalue weighted by Crippen LogP contribution is -2.35. The minimum atomic E-state index is -1.67. The lowest BCUT2D eigenvalue weighted by Gasteiger charge is -2.16. The van der Waals surface area contributed by atoms with Gasteiger partial charge in [0, 0.05) is 4.47 Å². The molecule has 1 rings (SSSR count). The van der Waals surface area contributed by atoms with Gasteiger partial charge in [0.15, 0.2) is 0 Å². The van der Waals surface area contributed by atoms with E-state index in [4.69, 9.17) is 15.5 Å². The number of carboxylic acid groups (broad SMARTS) is 2. The van der Waals surface area contributed by atoms with Gasteiger partial charge < -0.3 is 10.2 Å². The number of halogens is 1. The highest BCUT2D eigenvalue weighted by atomic mass is 79.9. The number of benzene rings is 1. The summed E-state index contributed by atoms with van der Waals surface area (Å²) in [6.07, 6.45) is -3.34. The number of rotatable bonds is 1. The van der Waals surface area contributed by atoms with Gasteiger partial charge in [0.1, 0.15) is 6.07 Å². The van der Waals surface area contributed by atoms with Gasteiger partial charge in [-0.1, -0.05) is 6.07 Å². The lowest BCUT2D eigenvalue weighted by atomic mass is 10.2. The van der Waals surface area contributed by atoms with Crippen LogP contribution in [0.25, 0.3) is 0 Å². The number of hydrogen-bond acceptors (Lipinski definition) is 3. The van der Waals surface area contributed by atoms with Crippen molar-refractivity contribution in [1.29, 1.82) is 5.26 Å². The summed E-state index contributed by atoms with van der Waals surface area (Å²) in [6.45, 7) is 0. The maximum Gasteiger partial charge on any atom is 0.421 e. The third kappa shape index (κ3) is 2.12. The molecule has 0 radical (unpaired) electrons. The first-order valence-electron chi connectivity index (χ1n) is 3.93. The molecule has 0 aliphatic rings. The molecule has 0 saturated heterocycles. The molecule has 0 saturated carbocycles. The number of anilines is 1. The van der Waals surface area contributed by atoms with Gasteiger partial charge >= 0.3 is 12.2 Å². The Morgan fingerprint density at radius 2 is 1.88 bits per heavy atom. The van der Waals surface area contributed by atoms with E-state index in [1.54, 1.807) is 6.07 Å². The predicted molar refractivity (Wildman–Crippen MR) is 57.4 cm³/mol. The summed E-state index contributed by atoms with van der Waals surface area (Å²) in [7, 11) is 0. The fourth-order valence-electron chi connectivity index (χ4n) is 1.11. The van der Waals surface area contributed by atoms with E-state index in [0.29, 0.717) is 0 Å². The highest BCUT2D eigenvalue weighted by Gasteiger charge is 2.26. The topological polar surface area (TPSA) is 102 Å². The Hall–Kier alpha value is -2.07. The number of nitriles is 1. The van der Waals surface area contributed by atoms with Crippen molar-refractivity contribution in [3.63, 3.8) is 0 Å². The number of imide groups is 1. The monoisotopic (exact) mass is 284 g/mol. The SMILES string of the molecule is N#Cc1cccc(Br)c1N(C(=O)O)C(=O)O. The van der Waals surface area contributed by atoms with Crippen LogP contribution in [0.2, 0.25) is 0 Å². The van der Waals surface area contributed by atoms with Crippen molar-refractivity contribution in [2.24, 2.45) is 0 Å². The van der Waals surface area contributed by atoms with E-state index >= 15 is 0 Å². The molecule has 1 aromatic carbocycles. The van der Waals surface area contributed by atoms with Gasteiger partial charge in [-0.15, -0.1) is 0 Å². The largest absolute Gasteiger partial charge is 0.464 e. The van der Waals surface area contributed by atoms with Crippen molar-refractivity contribution in [3.8, 4) is 6.07 Å². The first kappa shape index (κ1) is 12.0. The third-order valence-corrected chi connectivity index (χ3v) is 2.35. The molecule has 0 aliphatic heterocycles. The second kappa shape index (κ2) is 4.63. The van der Waals surface area contributed by atoms with Crippen molar-refractivity contribution < 1.29 is 19.8 Å². The molecule has 2 N–H and O–H groups in total. The fourth-order valence-corrected chi connectivity index (χ4v) is 1.65. The summed E-state index contributed by atoms with van der Waals surface area (Å²) >= 11 is 3.01. The van der Waals surface area contributed by atoms with E-state index in [-0.39, 0.29) is 20.6 Å². The Morgan fingerprint density at radius 1 is 1.31 bits per heavy atom. The zero-order valence-corrected chi connectivity index (χ0v) is 9.30. The Labute approximate surface area is 98.5 Å². The van der Waals surface area contributed by atoms with Crippen molar-refractivity contribution >= 4 is 33.8 Å². The minimum absolute atomic E-state index is 0.0424. The molecule has 16 heavy (non-hydrogen) atoms. The summed E-state index contributed by atoms with van der Waals surface area (Å²) in [5.41, 5.74) is -0.246. The van der Waals surface area contributed by atoms with E-state index < -0.39 is 12.2 Å². The van der Waals surface area contributed by atoms with Gasteiger partial charge in [-0.3, -0.25) is 0 Å². The van der Waals surface area contributed by atoms with Crippen LogP contribution in [0.4, 0.5) is 15.3 Å². The zero-order valence-electron chi connectivity index (χ0n) is 7.72. The predicted octanol–water partition coefficient (Wildman–Crippen LogP) is 2.48. The highest BCUT2D eigenvalue weighted by Crippen LogP contribution is 2.30. The Bertz CT molecular complexity index is 481. The molecular weight excluding hydrogens is 280 g/mol. The second-order valence-corrected chi connectivity index (χ2v) is 3.50. The smallest absolute Gasteiger partial charge is 0.421 e. The molecule has 0 aliphatic carbocycles. The molecule has 0 fully saturated rings. The Kier molecular flexibility index (Phi) is 3.48. The van der Waals surface area contributed by atoms with Crippen LogP contribution < -0.4 is 4.90 Å². The van der Waals surface area contributed by atoms with E-state index in [2.05, 4.69) is 15.9 Å². The number of para-hydroxylation sites is 1. The maximum atomic E-state index is 10.8. The summed E-state index contributed by atoms with van der Waals surface area (Å²) in [5, 5.41) is 26.3. The van der Waals surface area contributed by atoms with Crippen LogP contribution in [0.5, 0.6) is 0 Å². The van der Waals surface area contributed by atoms with Crippen LogP contribution in [-0.2, 0) is 0 Å². The van der Waals surface area contributed by atoms with Crippen LogP contribution in [0.1, 0.15) is 5.56 Å². The van der Waals surface area contributed by atoms with Gasteiger partial charge in [-0.2, -0.15) is 10.2 Å². The van der Waals surface area contributed by atoms with Gasteiger partial charge in [0.2, 0.25) is 0 Å². The van der Waals surface area contributed by atoms with Gasteiger partial charge in [-0.05, 0) is 28.1 Å². The molecule has 82 valence electrons. The molecule has 0 atom stereocenters. The molecule has 1 aromatic rings. The molecular formula is C9H5BrN2O4. The minimum Gasteiger partial charge on any atom is -0.464 e. The summed E-state index contributed by atoms with van der Waals surface area (Å²) in [6, 6.07) is 6.02. The van der Waals surface area contributed by atoms with Crippen LogP contribution in [0.3, 0.4) is 0 Å². The zero-order chi connectivity index (χ0) is 12.3. The van der Waals surface area contributed by atoms with Crippen LogP contribution in [-0.4, -0.2) is 22.4 Å². The normalized spacial score (nSPS) is 9.25. The summed E-state index contributed by atoms with van der Waals surface area (Å²) in [4.78, 5) is 21.6. The van der Waals surface area contributed by atoms with Gasteiger partial charge in [0.05, 0.1) is 11.3 Å². The Balaban J connectivity index is 3.46. The van der Waals surface area contributed by atoms with Crippen molar-refractivity contribution in [3.05, 3.63) is 28.2 Å². The average Bonchev–Trinajstić information content (AvgIpc) is 2.19. The van der Waals surface area contributed by atoms with Crippen LogP contribution in [0, 0.1) is 11.3 Å². The average molecular weight is 285 g/mol. The van der Waals surface area contributed by atoms with E-state index in [9.17, 15) is 9.59 Å². The van der Waals surface area contributed by atoms with E-state index in [1.807, 2.05) is 0 Å². The molecule has 0 bridgehead atoms. The second-order valence-electron chi connectivity index (χ2n) is 2.65. The summed E-state index contributed by atoms with van der Waals surface area (Å²) in [5.74, 6) is 0. The van der Waals surface area contributed by atoms with Crippen molar-refractivity contribution in [1.82, 2.24) is 0 Å². The third-order valence-electron chi connectivity index (χ3n) is 1.71. The molecule has 7 heteroatoms. The molecule has 0 heterocycles. The maximum absolute atomic E-state index is 10.8. The molecule has 0 aromatic heterocycles. The molecule has 0 spiro atoms. The molecule has 6 nitrogen and oxygen atoms in total. The number of amides is 2. The highest BCUT2D eigenvalue weighted by molar-refractivity contribution is 9.10. The lowest BCUT2D eigenvalue weighted by molar-refractivity contribution is 0.184. The first-order chi connectivity index (χ1) is 7.49. The van der Waals surface area contributed by atoms with Gasteiger partial charge in [0.25, 0.3) is 0 Å². The number of nitrogens with zero attached hydrogens (tertiary/aromatic N) is 2. The number of carbonyl (C=O) groups is 2.